The molecule has 2 fully saturated rings. The molecule has 6 heteroatoms. The van der Waals surface area contributed by atoms with Crippen LogP contribution >= 0.6 is 0 Å². The van der Waals surface area contributed by atoms with Crippen LogP contribution in [0.4, 0.5) is 0 Å². The molecule has 0 radical (unpaired) electrons. The minimum Gasteiger partial charge on any atom is -0.469 e. The van der Waals surface area contributed by atoms with Gasteiger partial charge in [-0.3, -0.25) is 14.5 Å². The number of carbonyl (C=O) groups excluding carboxylic acids is 2. The van der Waals surface area contributed by atoms with Gasteiger partial charge in [-0.05, 0) is 12.8 Å². The smallest absolute Gasteiger partial charge is 0.309 e. The lowest BCUT2D eigenvalue weighted by atomic mass is 10.1. The predicted molar refractivity (Wildman–Crippen MR) is 68.5 cm³/mol. The summed E-state index contributed by atoms with van der Waals surface area (Å²) in [5.74, 6) is -0.466. The topological polar surface area (TPSA) is 67.9 Å². The molecule has 0 spiro atoms. The maximum Gasteiger partial charge on any atom is 0.309 e. The van der Waals surface area contributed by atoms with E-state index in [1.54, 1.807) is 0 Å². The highest BCUT2D eigenvalue weighted by molar-refractivity contribution is 5.82. The molecule has 6 nitrogen and oxygen atoms in total. The summed E-state index contributed by atoms with van der Waals surface area (Å²) in [7, 11) is 1.38. The summed E-state index contributed by atoms with van der Waals surface area (Å²) in [6.07, 6.45) is 2.13. The number of amides is 1. The molecule has 0 aromatic rings. The summed E-state index contributed by atoms with van der Waals surface area (Å²) in [6, 6.07) is 0.0516. The van der Waals surface area contributed by atoms with Crippen LogP contribution in [0, 0.1) is 5.92 Å². The van der Waals surface area contributed by atoms with Crippen molar-refractivity contribution >= 4 is 11.9 Å². The molecular formula is C13H22N2O4. The van der Waals surface area contributed by atoms with Gasteiger partial charge in [0.2, 0.25) is 5.91 Å². The van der Waals surface area contributed by atoms with Crippen LogP contribution in [0.3, 0.4) is 0 Å². The Morgan fingerprint density at radius 2 is 2.21 bits per heavy atom. The molecule has 2 unspecified atom stereocenters. The normalized spacial score (nSPS) is 25.7. The van der Waals surface area contributed by atoms with Crippen molar-refractivity contribution in [1.82, 2.24) is 10.2 Å². The molecule has 2 atom stereocenters. The second-order valence-corrected chi connectivity index (χ2v) is 5.29. The van der Waals surface area contributed by atoms with Gasteiger partial charge in [0, 0.05) is 19.1 Å². The van der Waals surface area contributed by atoms with Crippen LogP contribution in [0.15, 0.2) is 0 Å². The maximum atomic E-state index is 12.1. The molecule has 1 saturated carbocycles. The highest BCUT2D eigenvalue weighted by Gasteiger charge is 2.34. The van der Waals surface area contributed by atoms with Crippen LogP contribution < -0.4 is 5.32 Å². The first-order valence-electron chi connectivity index (χ1n) is 6.81. The van der Waals surface area contributed by atoms with Crippen molar-refractivity contribution in [3.05, 3.63) is 0 Å². The van der Waals surface area contributed by atoms with E-state index in [1.165, 1.54) is 7.11 Å². The van der Waals surface area contributed by atoms with Crippen LogP contribution in [0.25, 0.3) is 0 Å². The van der Waals surface area contributed by atoms with E-state index >= 15 is 0 Å². The summed E-state index contributed by atoms with van der Waals surface area (Å²) >= 11 is 0. The molecule has 0 aromatic carbocycles. The minimum atomic E-state index is -0.290. The average Bonchev–Trinajstić information content (AvgIpc) is 3.22. The lowest BCUT2D eigenvalue weighted by molar-refractivity contribution is -0.148. The van der Waals surface area contributed by atoms with Crippen LogP contribution in [0.1, 0.15) is 19.8 Å². The molecule has 1 heterocycles. The summed E-state index contributed by atoms with van der Waals surface area (Å²) in [4.78, 5) is 25.6. The predicted octanol–water partition coefficient (Wildman–Crippen LogP) is -0.225. The van der Waals surface area contributed by atoms with Crippen LogP contribution in [0.2, 0.25) is 0 Å². The van der Waals surface area contributed by atoms with Gasteiger partial charge in [-0.15, -0.1) is 0 Å². The lowest BCUT2D eigenvalue weighted by Crippen LogP contribution is -2.55. The third-order valence-electron chi connectivity index (χ3n) is 3.58. The van der Waals surface area contributed by atoms with Crippen molar-refractivity contribution in [2.45, 2.75) is 31.8 Å². The molecule has 108 valence electrons. The number of morpholine rings is 1. The van der Waals surface area contributed by atoms with Crippen molar-refractivity contribution in [3.8, 4) is 0 Å². The maximum absolute atomic E-state index is 12.1. The molecule has 1 saturated heterocycles. The zero-order chi connectivity index (χ0) is 13.8. The van der Waals surface area contributed by atoms with E-state index < -0.39 is 0 Å². The van der Waals surface area contributed by atoms with Gasteiger partial charge in [-0.25, -0.2) is 0 Å². The Kier molecular flexibility index (Phi) is 4.76. The van der Waals surface area contributed by atoms with Crippen LogP contribution in [-0.2, 0) is 19.1 Å². The number of hydrogen-bond donors (Lipinski definition) is 1. The van der Waals surface area contributed by atoms with Gasteiger partial charge in [-0.2, -0.15) is 0 Å². The van der Waals surface area contributed by atoms with Gasteiger partial charge in [0.25, 0.3) is 0 Å². The molecule has 1 amide bonds. The third kappa shape index (κ3) is 3.91. The number of nitrogens with zero attached hydrogens (tertiary/aromatic N) is 1. The summed E-state index contributed by atoms with van der Waals surface area (Å²) in [5.41, 5.74) is 0. The Morgan fingerprint density at radius 1 is 1.47 bits per heavy atom. The van der Waals surface area contributed by atoms with E-state index in [0.717, 1.165) is 12.8 Å². The van der Waals surface area contributed by atoms with Crippen LogP contribution in [-0.4, -0.2) is 62.3 Å². The zero-order valence-corrected chi connectivity index (χ0v) is 11.6. The van der Waals surface area contributed by atoms with E-state index in [9.17, 15) is 9.59 Å². The quantitative estimate of drug-likeness (QED) is 0.699. The Hall–Kier alpha value is -1.14. The monoisotopic (exact) mass is 270 g/mol. The molecule has 2 aliphatic rings. The highest BCUT2D eigenvalue weighted by atomic mass is 16.5. The molecule has 0 bridgehead atoms. The Balaban J connectivity index is 1.90. The van der Waals surface area contributed by atoms with E-state index in [4.69, 9.17) is 9.47 Å². The first-order chi connectivity index (χ1) is 9.11. The second kappa shape index (κ2) is 6.34. The number of esters is 1. The van der Waals surface area contributed by atoms with Gasteiger partial charge in [-0.1, -0.05) is 6.92 Å². The first kappa shape index (κ1) is 14.3. The first-order valence-corrected chi connectivity index (χ1v) is 6.81. The van der Waals surface area contributed by atoms with Gasteiger partial charge >= 0.3 is 5.97 Å². The number of methoxy groups -OCH3 is 1. The third-order valence-corrected chi connectivity index (χ3v) is 3.58. The summed E-state index contributed by atoms with van der Waals surface area (Å²) in [5, 5.41) is 2.99. The lowest BCUT2D eigenvalue weighted by Gasteiger charge is -2.35. The van der Waals surface area contributed by atoms with Gasteiger partial charge in [0.1, 0.15) is 6.04 Å². The summed E-state index contributed by atoms with van der Waals surface area (Å²) in [6.45, 7) is 4.01. The minimum absolute atomic E-state index is 0.0132. The SMILES string of the molecule is COC(=O)C(C)CN1CCOCC1C(=O)NC1CC1. The Morgan fingerprint density at radius 3 is 2.84 bits per heavy atom. The zero-order valence-electron chi connectivity index (χ0n) is 11.6. The van der Waals surface area contributed by atoms with Crippen LogP contribution in [0.5, 0.6) is 0 Å². The van der Waals surface area contributed by atoms with E-state index in [1.807, 2.05) is 11.8 Å². The molecule has 19 heavy (non-hydrogen) atoms. The van der Waals surface area contributed by atoms with E-state index in [-0.39, 0.29) is 23.8 Å². The molecule has 1 aliphatic heterocycles. The van der Waals surface area contributed by atoms with Crippen molar-refractivity contribution in [3.63, 3.8) is 0 Å². The molecular weight excluding hydrogens is 248 g/mol. The van der Waals surface area contributed by atoms with Crippen molar-refractivity contribution in [2.24, 2.45) is 5.92 Å². The van der Waals surface area contributed by atoms with E-state index in [2.05, 4.69) is 5.32 Å². The van der Waals surface area contributed by atoms with Gasteiger partial charge in [0.15, 0.2) is 0 Å². The summed E-state index contributed by atoms with van der Waals surface area (Å²) < 4.78 is 10.1. The molecule has 1 aliphatic carbocycles. The fourth-order valence-electron chi connectivity index (χ4n) is 2.25. The fraction of sp³-hybridized carbons (Fsp3) is 0.846. The molecule has 2 rings (SSSR count). The van der Waals surface area contributed by atoms with Crippen molar-refractivity contribution in [1.29, 1.82) is 0 Å². The van der Waals surface area contributed by atoms with Gasteiger partial charge < -0.3 is 14.8 Å². The van der Waals surface area contributed by atoms with Crippen molar-refractivity contribution < 1.29 is 19.1 Å². The van der Waals surface area contributed by atoms with Gasteiger partial charge in [0.05, 0.1) is 26.2 Å². The highest BCUT2D eigenvalue weighted by Crippen LogP contribution is 2.20. The second-order valence-electron chi connectivity index (χ2n) is 5.29. The number of nitrogens with one attached hydrogen (secondary N) is 1. The average molecular weight is 270 g/mol. The van der Waals surface area contributed by atoms with E-state index in [0.29, 0.717) is 32.3 Å². The fourth-order valence-corrected chi connectivity index (χ4v) is 2.25. The number of rotatable bonds is 5. The number of hydrogen-bond acceptors (Lipinski definition) is 5. The number of carbonyl (C=O) groups is 2. The molecule has 1 N–H and O–H groups in total. The largest absolute Gasteiger partial charge is 0.469 e. The standard InChI is InChI=1S/C13H22N2O4/c1-9(13(17)18-2)7-15-5-6-19-8-11(15)12(16)14-10-3-4-10/h9-11H,3-8H2,1-2H3,(H,14,16). The molecule has 0 aromatic heterocycles. The Bertz CT molecular complexity index is 344. The Labute approximate surface area is 113 Å². The number of ether oxygens (including phenoxy) is 2. The van der Waals surface area contributed by atoms with Crippen molar-refractivity contribution in [2.75, 3.05) is 33.4 Å².